The Balaban J connectivity index is 1.77. The van der Waals surface area contributed by atoms with Crippen LogP contribution in [-0.4, -0.2) is 15.9 Å². The van der Waals surface area contributed by atoms with Gasteiger partial charge in [0.15, 0.2) is 0 Å². The lowest BCUT2D eigenvalue weighted by molar-refractivity contribution is -0.121. The number of hydrogen-bond acceptors (Lipinski definition) is 2. The van der Waals surface area contributed by atoms with E-state index in [1.165, 1.54) is 6.07 Å². The van der Waals surface area contributed by atoms with Gasteiger partial charge in [-0.3, -0.25) is 4.79 Å². The van der Waals surface area contributed by atoms with E-state index in [1.807, 2.05) is 0 Å². The van der Waals surface area contributed by atoms with E-state index in [0.717, 1.165) is 5.69 Å². The van der Waals surface area contributed by atoms with Crippen LogP contribution in [0.2, 0.25) is 0 Å². The van der Waals surface area contributed by atoms with E-state index < -0.39 is 0 Å². The monoisotopic (exact) mass is 247 g/mol. The molecule has 2 rings (SSSR count). The van der Waals surface area contributed by atoms with Crippen molar-refractivity contribution in [2.75, 3.05) is 0 Å². The molecule has 0 radical (unpaired) electrons. The number of carbonyl (C=O) groups excluding carboxylic acids is 1. The van der Waals surface area contributed by atoms with Gasteiger partial charge in [0.2, 0.25) is 5.91 Å². The first-order valence-electron chi connectivity index (χ1n) is 5.73. The first-order chi connectivity index (χ1) is 8.75. The van der Waals surface area contributed by atoms with Crippen LogP contribution in [0.4, 0.5) is 4.39 Å². The summed E-state index contributed by atoms with van der Waals surface area (Å²) in [6, 6.07) is 6.41. The molecule has 0 aliphatic rings. The van der Waals surface area contributed by atoms with Gasteiger partial charge in [0, 0.05) is 30.4 Å². The Kier molecular flexibility index (Phi) is 4.06. The van der Waals surface area contributed by atoms with E-state index in [4.69, 9.17) is 0 Å². The first kappa shape index (κ1) is 12.3. The number of nitrogens with zero attached hydrogens (tertiary/aromatic N) is 1. The summed E-state index contributed by atoms with van der Waals surface area (Å²) in [5, 5.41) is 2.69. The molecule has 1 heterocycles. The summed E-state index contributed by atoms with van der Waals surface area (Å²) in [6.45, 7) is 0.217. The molecule has 18 heavy (non-hydrogen) atoms. The summed E-state index contributed by atoms with van der Waals surface area (Å²) < 4.78 is 13.3. The van der Waals surface area contributed by atoms with Gasteiger partial charge in [0.25, 0.3) is 0 Å². The number of amides is 1. The van der Waals surface area contributed by atoms with Gasteiger partial charge in [0.05, 0.1) is 6.33 Å². The second kappa shape index (κ2) is 5.95. The lowest BCUT2D eigenvalue weighted by Crippen LogP contribution is -2.23. The number of rotatable bonds is 5. The standard InChI is InChI=1S/C13H14FN3O/c14-12-4-2-1-3-10(12)7-16-13(18)6-5-11-8-15-9-17-11/h1-4,8-9H,5-7H2,(H,15,17)(H,16,18). The molecule has 0 spiro atoms. The highest BCUT2D eigenvalue weighted by molar-refractivity contribution is 5.76. The van der Waals surface area contributed by atoms with E-state index in [2.05, 4.69) is 15.3 Å². The van der Waals surface area contributed by atoms with Crippen LogP contribution in [0.1, 0.15) is 17.7 Å². The molecule has 0 aliphatic carbocycles. The summed E-state index contributed by atoms with van der Waals surface area (Å²) in [4.78, 5) is 18.3. The minimum atomic E-state index is -0.300. The summed E-state index contributed by atoms with van der Waals surface area (Å²) in [5.74, 6) is -0.403. The van der Waals surface area contributed by atoms with Gasteiger partial charge in [-0.1, -0.05) is 18.2 Å². The zero-order valence-corrected chi connectivity index (χ0v) is 9.82. The maximum absolute atomic E-state index is 13.3. The Hall–Kier alpha value is -2.17. The average molecular weight is 247 g/mol. The van der Waals surface area contributed by atoms with Gasteiger partial charge in [-0.15, -0.1) is 0 Å². The molecule has 1 aromatic heterocycles. The van der Waals surface area contributed by atoms with Gasteiger partial charge >= 0.3 is 0 Å². The van der Waals surface area contributed by atoms with Crippen LogP contribution in [0.5, 0.6) is 0 Å². The molecule has 1 aromatic carbocycles. The predicted molar refractivity (Wildman–Crippen MR) is 65.2 cm³/mol. The van der Waals surface area contributed by atoms with Crippen LogP contribution >= 0.6 is 0 Å². The van der Waals surface area contributed by atoms with E-state index in [-0.39, 0.29) is 18.3 Å². The lowest BCUT2D eigenvalue weighted by Gasteiger charge is -2.05. The van der Waals surface area contributed by atoms with E-state index in [1.54, 1.807) is 30.7 Å². The maximum atomic E-state index is 13.3. The maximum Gasteiger partial charge on any atom is 0.220 e. The van der Waals surface area contributed by atoms with E-state index >= 15 is 0 Å². The average Bonchev–Trinajstić information content (AvgIpc) is 2.88. The lowest BCUT2D eigenvalue weighted by atomic mass is 10.2. The Bertz CT molecular complexity index is 511. The van der Waals surface area contributed by atoms with Crippen molar-refractivity contribution in [3.05, 3.63) is 53.9 Å². The molecule has 2 N–H and O–H groups in total. The Labute approximate surface area is 104 Å². The summed E-state index contributed by atoms with van der Waals surface area (Å²) >= 11 is 0. The summed E-state index contributed by atoms with van der Waals surface area (Å²) in [6.07, 6.45) is 4.22. The van der Waals surface area contributed by atoms with Crippen molar-refractivity contribution in [1.29, 1.82) is 0 Å². The number of benzene rings is 1. The molecule has 0 aliphatic heterocycles. The highest BCUT2D eigenvalue weighted by Crippen LogP contribution is 2.05. The fourth-order valence-electron chi connectivity index (χ4n) is 1.59. The molecule has 0 unspecified atom stereocenters. The minimum Gasteiger partial charge on any atom is -0.352 e. The molecular weight excluding hydrogens is 233 g/mol. The Morgan fingerprint density at radius 1 is 1.39 bits per heavy atom. The number of nitrogens with one attached hydrogen (secondary N) is 2. The van der Waals surface area contributed by atoms with Crippen molar-refractivity contribution in [1.82, 2.24) is 15.3 Å². The molecule has 94 valence electrons. The number of halogens is 1. The van der Waals surface area contributed by atoms with Crippen LogP contribution < -0.4 is 5.32 Å². The third kappa shape index (κ3) is 3.41. The largest absolute Gasteiger partial charge is 0.352 e. The number of imidazole rings is 1. The fraction of sp³-hybridized carbons (Fsp3) is 0.231. The van der Waals surface area contributed by atoms with Crippen molar-refractivity contribution < 1.29 is 9.18 Å². The van der Waals surface area contributed by atoms with Crippen LogP contribution in [0.15, 0.2) is 36.8 Å². The molecule has 4 nitrogen and oxygen atoms in total. The van der Waals surface area contributed by atoms with E-state index in [0.29, 0.717) is 18.4 Å². The quantitative estimate of drug-likeness (QED) is 0.846. The van der Waals surface area contributed by atoms with E-state index in [9.17, 15) is 9.18 Å². The normalized spacial score (nSPS) is 10.3. The highest BCUT2D eigenvalue weighted by Gasteiger charge is 2.05. The van der Waals surface area contributed by atoms with Gasteiger partial charge in [-0.25, -0.2) is 9.37 Å². The second-order valence-corrected chi connectivity index (χ2v) is 3.94. The molecule has 0 saturated carbocycles. The summed E-state index contributed by atoms with van der Waals surface area (Å²) in [5.41, 5.74) is 1.41. The van der Waals surface area contributed by atoms with Crippen molar-refractivity contribution in [3.8, 4) is 0 Å². The molecule has 0 bridgehead atoms. The third-order valence-electron chi connectivity index (χ3n) is 2.61. The van der Waals surface area contributed by atoms with Crippen LogP contribution in [0, 0.1) is 5.82 Å². The number of hydrogen-bond donors (Lipinski definition) is 2. The molecule has 2 aromatic rings. The molecule has 1 amide bonds. The van der Waals surface area contributed by atoms with Crippen molar-refractivity contribution >= 4 is 5.91 Å². The van der Waals surface area contributed by atoms with Crippen LogP contribution in [-0.2, 0) is 17.8 Å². The number of H-pyrrole nitrogens is 1. The number of aryl methyl sites for hydroxylation is 1. The molecule has 0 fully saturated rings. The van der Waals surface area contributed by atoms with Crippen LogP contribution in [0.25, 0.3) is 0 Å². The Morgan fingerprint density at radius 3 is 2.94 bits per heavy atom. The smallest absolute Gasteiger partial charge is 0.220 e. The van der Waals surface area contributed by atoms with Gasteiger partial charge in [-0.2, -0.15) is 0 Å². The van der Waals surface area contributed by atoms with Crippen molar-refractivity contribution in [3.63, 3.8) is 0 Å². The third-order valence-corrected chi connectivity index (χ3v) is 2.61. The zero-order chi connectivity index (χ0) is 12.8. The number of aromatic nitrogens is 2. The van der Waals surface area contributed by atoms with Crippen molar-refractivity contribution in [2.45, 2.75) is 19.4 Å². The topological polar surface area (TPSA) is 57.8 Å². The fourth-order valence-corrected chi connectivity index (χ4v) is 1.59. The molecule has 5 heteroatoms. The van der Waals surface area contributed by atoms with Gasteiger partial charge < -0.3 is 10.3 Å². The number of aromatic amines is 1. The van der Waals surface area contributed by atoms with Crippen LogP contribution in [0.3, 0.4) is 0 Å². The SMILES string of the molecule is O=C(CCc1cnc[nH]1)NCc1ccccc1F. The molecule has 0 saturated heterocycles. The zero-order valence-electron chi connectivity index (χ0n) is 9.82. The predicted octanol–water partition coefficient (Wildman–Crippen LogP) is 1.80. The Morgan fingerprint density at radius 2 is 2.22 bits per heavy atom. The van der Waals surface area contributed by atoms with Gasteiger partial charge in [-0.05, 0) is 12.5 Å². The molecule has 0 atom stereocenters. The molecular formula is C13H14FN3O. The minimum absolute atomic E-state index is 0.104. The highest BCUT2D eigenvalue weighted by atomic mass is 19.1. The van der Waals surface area contributed by atoms with Gasteiger partial charge in [0.1, 0.15) is 5.82 Å². The second-order valence-electron chi connectivity index (χ2n) is 3.94. The first-order valence-corrected chi connectivity index (χ1v) is 5.73. The van der Waals surface area contributed by atoms with Crippen molar-refractivity contribution in [2.24, 2.45) is 0 Å². The summed E-state index contributed by atoms with van der Waals surface area (Å²) in [7, 11) is 0. The number of carbonyl (C=O) groups is 1.